The summed E-state index contributed by atoms with van der Waals surface area (Å²) < 4.78 is 2.30. The Hall–Kier alpha value is -3.06. The van der Waals surface area contributed by atoms with Crippen LogP contribution < -0.4 is 0 Å². The van der Waals surface area contributed by atoms with E-state index in [4.69, 9.17) is 0 Å². The summed E-state index contributed by atoms with van der Waals surface area (Å²) in [7, 11) is 0. The normalized spacial score (nSPS) is 10.9. The molecule has 0 saturated carbocycles. The number of aromatic nitrogens is 1. The van der Waals surface area contributed by atoms with Gasteiger partial charge in [0, 0.05) is 16.8 Å². The third-order valence-corrected chi connectivity index (χ3v) is 4.58. The van der Waals surface area contributed by atoms with Gasteiger partial charge < -0.3 is 4.57 Å². The van der Waals surface area contributed by atoms with Gasteiger partial charge in [0.05, 0.1) is 5.52 Å². The number of nitrogens with zero attached hydrogens (tertiary/aromatic N) is 1. The first-order valence-corrected chi connectivity index (χ1v) is 8.18. The molecule has 0 amide bonds. The molecule has 0 aliphatic carbocycles. The van der Waals surface area contributed by atoms with Crippen LogP contribution in [0.4, 0.5) is 0 Å². The standard InChI is InChI=1S/C23H19N/c1-3-22-17(2)21-14-7-8-15-23(21)24(22)20-13-9-12-19(16-20)18-10-5-4-6-11-18/h3-16H,1H2,2H3. The number of aryl methyl sites for hydroxylation is 1. The Morgan fingerprint density at radius 3 is 2.29 bits per heavy atom. The van der Waals surface area contributed by atoms with Crippen LogP contribution in [0.5, 0.6) is 0 Å². The molecule has 0 fully saturated rings. The van der Waals surface area contributed by atoms with E-state index in [2.05, 4.69) is 90.9 Å². The molecule has 0 aliphatic heterocycles. The summed E-state index contributed by atoms with van der Waals surface area (Å²) in [5, 5.41) is 1.28. The zero-order valence-electron chi connectivity index (χ0n) is 13.7. The SMILES string of the molecule is C=Cc1c(C)c2ccccc2n1-c1cccc(-c2ccccc2)c1. The van der Waals surface area contributed by atoms with Crippen molar-refractivity contribution in [2.75, 3.05) is 0 Å². The number of rotatable bonds is 3. The number of hydrogen-bond donors (Lipinski definition) is 0. The van der Waals surface area contributed by atoms with Crippen molar-refractivity contribution in [3.8, 4) is 16.8 Å². The van der Waals surface area contributed by atoms with E-state index in [9.17, 15) is 0 Å². The molecule has 4 rings (SSSR count). The van der Waals surface area contributed by atoms with Crippen molar-refractivity contribution >= 4 is 17.0 Å². The average Bonchev–Trinajstić information content (AvgIpc) is 2.95. The van der Waals surface area contributed by atoms with Gasteiger partial charge in [-0.05, 0) is 47.9 Å². The van der Waals surface area contributed by atoms with Crippen molar-refractivity contribution in [2.24, 2.45) is 0 Å². The molecule has 3 aromatic carbocycles. The summed E-state index contributed by atoms with van der Waals surface area (Å²) in [6.07, 6.45) is 1.95. The van der Waals surface area contributed by atoms with Gasteiger partial charge in [0.1, 0.15) is 0 Å². The van der Waals surface area contributed by atoms with Crippen molar-refractivity contribution in [3.05, 3.63) is 96.7 Å². The van der Waals surface area contributed by atoms with E-state index in [0.717, 1.165) is 11.4 Å². The van der Waals surface area contributed by atoms with E-state index >= 15 is 0 Å². The summed E-state index contributed by atoms with van der Waals surface area (Å²) in [6, 6.07) is 27.7. The Morgan fingerprint density at radius 2 is 1.50 bits per heavy atom. The second kappa shape index (κ2) is 5.86. The van der Waals surface area contributed by atoms with Crippen molar-refractivity contribution in [2.45, 2.75) is 6.92 Å². The van der Waals surface area contributed by atoms with Crippen molar-refractivity contribution < 1.29 is 0 Å². The topological polar surface area (TPSA) is 4.93 Å². The van der Waals surface area contributed by atoms with Gasteiger partial charge >= 0.3 is 0 Å². The highest BCUT2D eigenvalue weighted by Gasteiger charge is 2.13. The van der Waals surface area contributed by atoms with Gasteiger partial charge in [0.25, 0.3) is 0 Å². The van der Waals surface area contributed by atoms with Gasteiger partial charge in [-0.2, -0.15) is 0 Å². The molecule has 0 N–H and O–H groups in total. The van der Waals surface area contributed by atoms with Crippen molar-refractivity contribution in [1.82, 2.24) is 4.57 Å². The fourth-order valence-corrected chi connectivity index (χ4v) is 3.40. The Bertz CT molecular complexity index is 1020. The van der Waals surface area contributed by atoms with E-state index < -0.39 is 0 Å². The molecule has 0 aliphatic rings. The van der Waals surface area contributed by atoms with Crippen LogP contribution in [0.2, 0.25) is 0 Å². The van der Waals surface area contributed by atoms with Crippen LogP contribution in [0.3, 0.4) is 0 Å². The third-order valence-electron chi connectivity index (χ3n) is 4.58. The minimum absolute atomic E-state index is 1.15. The highest BCUT2D eigenvalue weighted by molar-refractivity contribution is 5.89. The fraction of sp³-hybridized carbons (Fsp3) is 0.0435. The smallest absolute Gasteiger partial charge is 0.0537 e. The number of fused-ring (bicyclic) bond motifs is 1. The van der Waals surface area contributed by atoms with Crippen LogP contribution in [0, 0.1) is 6.92 Å². The molecule has 0 atom stereocenters. The highest BCUT2D eigenvalue weighted by atomic mass is 15.0. The van der Waals surface area contributed by atoms with Crippen LogP contribution in [0.15, 0.2) is 85.4 Å². The molecule has 0 saturated heterocycles. The quantitative estimate of drug-likeness (QED) is 0.421. The predicted octanol–water partition coefficient (Wildman–Crippen LogP) is 6.25. The van der Waals surface area contributed by atoms with Gasteiger partial charge in [-0.1, -0.05) is 67.2 Å². The van der Waals surface area contributed by atoms with Gasteiger partial charge in [-0.25, -0.2) is 0 Å². The summed E-state index contributed by atoms with van der Waals surface area (Å²) in [5.41, 5.74) is 7.25. The molecule has 0 bridgehead atoms. The number of para-hydroxylation sites is 1. The molecule has 116 valence electrons. The lowest BCUT2D eigenvalue weighted by Gasteiger charge is -2.11. The van der Waals surface area contributed by atoms with E-state index in [1.54, 1.807) is 0 Å². The zero-order valence-corrected chi connectivity index (χ0v) is 13.7. The van der Waals surface area contributed by atoms with Gasteiger partial charge in [0.15, 0.2) is 0 Å². The van der Waals surface area contributed by atoms with Crippen LogP contribution >= 0.6 is 0 Å². The van der Waals surface area contributed by atoms with Crippen molar-refractivity contribution in [1.29, 1.82) is 0 Å². The minimum atomic E-state index is 1.15. The maximum Gasteiger partial charge on any atom is 0.0537 e. The van der Waals surface area contributed by atoms with E-state index in [1.165, 1.54) is 27.6 Å². The fourth-order valence-electron chi connectivity index (χ4n) is 3.40. The summed E-state index contributed by atoms with van der Waals surface area (Å²) in [6.45, 7) is 6.20. The Balaban J connectivity index is 1.98. The summed E-state index contributed by atoms with van der Waals surface area (Å²) in [4.78, 5) is 0. The Kier molecular flexibility index (Phi) is 3.55. The molecule has 0 unspecified atom stereocenters. The minimum Gasteiger partial charge on any atom is -0.310 e. The Labute approximate surface area is 142 Å². The summed E-state index contributed by atoms with van der Waals surface area (Å²) >= 11 is 0. The first kappa shape index (κ1) is 14.5. The van der Waals surface area contributed by atoms with Crippen LogP contribution in [0.25, 0.3) is 33.8 Å². The first-order chi connectivity index (χ1) is 11.8. The van der Waals surface area contributed by atoms with Crippen LogP contribution in [0.1, 0.15) is 11.3 Å². The lowest BCUT2D eigenvalue weighted by molar-refractivity contribution is 1.10. The van der Waals surface area contributed by atoms with Gasteiger partial charge in [-0.3, -0.25) is 0 Å². The average molecular weight is 309 g/mol. The lowest BCUT2D eigenvalue weighted by atomic mass is 10.1. The number of hydrogen-bond acceptors (Lipinski definition) is 0. The zero-order chi connectivity index (χ0) is 16.5. The molecule has 1 heterocycles. The molecule has 1 heteroatoms. The van der Waals surface area contributed by atoms with Crippen molar-refractivity contribution in [3.63, 3.8) is 0 Å². The second-order valence-electron chi connectivity index (χ2n) is 5.98. The molecule has 4 aromatic rings. The second-order valence-corrected chi connectivity index (χ2v) is 5.98. The van der Waals surface area contributed by atoms with E-state index in [1.807, 2.05) is 12.1 Å². The molecular weight excluding hydrogens is 290 g/mol. The van der Waals surface area contributed by atoms with Gasteiger partial charge in [0.2, 0.25) is 0 Å². The highest BCUT2D eigenvalue weighted by Crippen LogP contribution is 2.31. The maximum absolute atomic E-state index is 4.03. The molecule has 0 radical (unpaired) electrons. The molecule has 0 spiro atoms. The molecule has 1 nitrogen and oxygen atoms in total. The lowest BCUT2D eigenvalue weighted by Crippen LogP contribution is -1.97. The van der Waals surface area contributed by atoms with Gasteiger partial charge in [-0.15, -0.1) is 0 Å². The Morgan fingerprint density at radius 1 is 0.792 bits per heavy atom. The van der Waals surface area contributed by atoms with E-state index in [-0.39, 0.29) is 0 Å². The molecular formula is C23H19N. The maximum atomic E-state index is 4.03. The largest absolute Gasteiger partial charge is 0.310 e. The monoisotopic (exact) mass is 309 g/mol. The van der Waals surface area contributed by atoms with Crippen LogP contribution in [-0.2, 0) is 0 Å². The van der Waals surface area contributed by atoms with E-state index in [0.29, 0.717) is 0 Å². The molecule has 24 heavy (non-hydrogen) atoms. The first-order valence-electron chi connectivity index (χ1n) is 8.18. The predicted molar refractivity (Wildman–Crippen MR) is 104 cm³/mol. The van der Waals surface area contributed by atoms with Crippen LogP contribution in [-0.4, -0.2) is 4.57 Å². The third kappa shape index (κ3) is 2.26. The summed E-state index contributed by atoms with van der Waals surface area (Å²) in [5.74, 6) is 0. The molecule has 1 aromatic heterocycles. The number of benzene rings is 3.